The first-order valence-corrected chi connectivity index (χ1v) is 6.51. The van der Waals surface area contributed by atoms with Crippen LogP contribution in [-0.4, -0.2) is 71.8 Å². The number of hydrogen-bond acceptors (Lipinski definition) is 5. The van der Waals surface area contributed by atoms with E-state index in [1.165, 1.54) is 0 Å². The summed E-state index contributed by atoms with van der Waals surface area (Å²) in [6.45, 7) is 6.39. The van der Waals surface area contributed by atoms with E-state index in [1.54, 1.807) is 6.20 Å². The van der Waals surface area contributed by atoms with E-state index >= 15 is 0 Å². The third-order valence-electron chi connectivity index (χ3n) is 3.03. The van der Waals surface area contributed by atoms with Gasteiger partial charge in [0.2, 0.25) is 0 Å². The Hall–Kier alpha value is -0.950. The molecule has 0 saturated carbocycles. The molecule has 0 amide bonds. The molecule has 0 spiro atoms. The summed E-state index contributed by atoms with van der Waals surface area (Å²) in [7, 11) is 0. The number of nitrogens with one attached hydrogen (secondary N) is 1. The second-order valence-electron chi connectivity index (χ2n) is 4.54. The Balaban J connectivity index is 1.52. The fraction of sp³-hybridized carbons (Fsp3) is 0.750. The molecule has 0 radical (unpaired) electrons. The molecule has 1 aliphatic rings. The van der Waals surface area contributed by atoms with Crippen LogP contribution in [0.1, 0.15) is 0 Å². The Morgan fingerprint density at radius 2 is 2.22 bits per heavy atom. The van der Waals surface area contributed by atoms with Gasteiger partial charge in [0.1, 0.15) is 0 Å². The van der Waals surface area contributed by atoms with Crippen molar-refractivity contribution < 1.29 is 9.84 Å². The number of hydrogen-bond donors (Lipinski definition) is 2. The second-order valence-corrected chi connectivity index (χ2v) is 4.54. The summed E-state index contributed by atoms with van der Waals surface area (Å²) < 4.78 is 7.15. The summed E-state index contributed by atoms with van der Waals surface area (Å²) in [5.74, 6) is 0. The highest BCUT2D eigenvalue weighted by Crippen LogP contribution is 1.98. The molecule has 6 nitrogen and oxygen atoms in total. The standard InChI is InChI=1S/C12H22N4O2/c17-12(11-15-6-8-18-9-7-15)10-13-3-5-16-4-1-2-14-16/h1-2,4,12-13,17H,3,5-11H2. The van der Waals surface area contributed by atoms with Crippen LogP contribution >= 0.6 is 0 Å². The van der Waals surface area contributed by atoms with Crippen LogP contribution in [0.5, 0.6) is 0 Å². The van der Waals surface area contributed by atoms with Gasteiger partial charge >= 0.3 is 0 Å². The van der Waals surface area contributed by atoms with Crippen molar-refractivity contribution in [2.75, 3.05) is 45.9 Å². The van der Waals surface area contributed by atoms with Crippen LogP contribution in [0.15, 0.2) is 18.5 Å². The molecule has 18 heavy (non-hydrogen) atoms. The van der Waals surface area contributed by atoms with Crippen LogP contribution in [0.4, 0.5) is 0 Å². The summed E-state index contributed by atoms with van der Waals surface area (Å²) in [5.41, 5.74) is 0. The number of β-amino-alcohol motifs (C(OH)–C–C–N with tert-alkyl or cyclic N) is 1. The molecule has 1 fully saturated rings. The summed E-state index contributed by atoms with van der Waals surface area (Å²) >= 11 is 0. The summed E-state index contributed by atoms with van der Waals surface area (Å²) in [4.78, 5) is 2.24. The number of morpholine rings is 1. The van der Waals surface area contributed by atoms with Gasteiger partial charge in [0.25, 0.3) is 0 Å². The van der Waals surface area contributed by atoms with Gasteiger partial charge in [-0.25, -0.2) is 0 Å². The quantitative estimate of drug-likeness (QED) is 0.622. The maximum absolute atomic E-state index is 9.89. The first-order chi connectivity index (χ1) is 8.84. The van der Waals surface area contributed by atoms with E-state index < -0.39 is 0 Å². The Morgan fingerprint density at radius 3 is 2.94 bits per heavy atom. The largest absolute Gasteiger partial charge is 0.390 e. The Labute approximate surface area is 108 Å². The fourth-order valence-corrected chi connectivity index (χ4v) is 2.04. The number of ether oxygens (including phenoxy) is 1. The molecular formula is C12H22N4O2. The van der Waals surface area contributed by atoms with E-state index in [-0.39, 0.29) is 6.10 Å². The molecule has 2 heterocycles. The van der Waals surface area contributed by atoms with Crippen molar-refractivity contribution >= 4 is 0 Å². The van der Waals surface area contributed by atoms with E-state index in [9.17, 15) is 5.11 Å². The van der Waals surface area contributed by atoms with E-state index in [0.29, 0.717) is 6.54 Å². The lowest BCUT2D eigenvalue weighted by molar-refractivity contribution is 0.0149. The second kappa shape index (κ2) is 7.48. The summed E-state index contributed by atoms with van der Waals surface area (Å²) in [6, 6.07) is 1.91. The Bertz CT molecular complexity index is 312. The van der Waals surface area contributed by atoms with Crippen LogP contribution in [0.2, 0.25) is 0 Å². The van der Waals surface area contributed by atoms with E-state index in [0.717, 1.165) is 45.9 Å². The first-order valence-electron chi connectivity index (χ1n) is 6.51. The van der Waals surface area contributed by atoms with Gasteiger partial charge in [-0.2, -0.15) is 5.10 Å². The highest BCUT2D eigenvalue weighted by molar-refractivity contribution is 4.77. The summed E-state index contributed by atoms with van der Waals surface area (Å²) in [6.07, 6.45) is 3.39. The molecule has 102 valence electrons. The number of rotatable bonds is 7. The number of aliphatic hydroxyl groups is 1. The average molecular weight is 254 g/mol. The van der Waals surface area contributed by atoms with Crippen molar-refractivity contribution in [2.45, 2.75) is 12.6 Å². The molecule has 6 heteroatoms. The first kappa shape index (κ1) is 13.5. The van der Waals surface area contributed by atoms with Crippen LogP contribution in [0.3, 0.4) is 0 Å². The molecule has 1 aliphatic heterocycles. The van der Waals surface area contributed by atoms with Gasteiger partial charge in [-0.3, -0.25) is 9.58 Å². The monoisotopic (exact) mass is 254 g/mol. The lowest BCUT2D eigenvalue weighted by Crippen LogP contribution is -2.44. The van der Waals surface area contributed by atoms with Gasteiger partial charge < -0.3 is 15.2 Å². The number of aromatic nitrogens is 2. The Kier molecular flexibility index (Phi) is 5.60. The van der Waals surface area contributed by atoms with E-state index in [4.69, 9.17) is 4.74 Å². The van der Waals surface area contributed by atoms with Crippen molar-refractivity contribution in [1.82, 2.24) is 20.0 Å². The van der Waals surface area contributed by atoms with Crippen molar-refractivity contribution in [3.63, 3.8) is 0 Å². The molecule has 0 bridgehead atoms. The number of nitrogens with zero attached hydrogens (tertiary/aromatic N) is 3. The van der Waals surface area contributed by atoms with Gasteiger partial charge in [0.15, 0.2) is 0 Å². The maximum Gasteiger partial charge on any atom is 0.0791 e. The minimum Gasteiger partial charge on any atom is -0.390 e. The number of aliphatic hydroxyl groups excluding tert-OH is 1. The van der Waals surface area contributed by atoms with Gasteiger partial charge in [-0.05, 0) is 6.07 Å². The van der Waals surface area contributed by atoms with Crippen LogP contribution in [-0.2, 0) is 11.3 Å². The summed E-state index contributed by atoms with van der Waals surface area (Å²) in [5, 5.41) is 17.3. The molecule has 1 saturated heterocycles. The fourth-order valence-electron chi connectivity index (χ4n) is 2.04. The van der Waals surface area contributed by atoms with Gasteiger partial charge in [-0.1, -0.05) is 0 Å². The molecule has 1 aromatic heterocycles. The molecular weight excluding hydrogens is 232 g/mol. The maximum atomic E-state index is 9.89. The zero-order valence-corrected chi connectivity index (χ0v) is 10.7. The van der Waals surface area contributed by atoms with Gasteiger partial charge in [0.05, 0.1) is 25.9 Å². The minimum absolute atomic E-state index is 0.319. The van der Waals surface area contributed by atoms with Gasteiger partial charge in [0, 0.05) is 45.1 Å². The molecule has 2 rings (SSSR count). The highest BCUT2D eigenvalue weighted by Gasteiger charge is 2.14. The van der Waals surface area contributed by atoms with E-state index in [1.807, 2.05) is 16.9 Å². The average Bonchev–Trinajstić information content (AvgIpc) is 2.89. The molecule has 0 aromatic carbocycles. The molecule has 1 atom stereocenters. The smallest absolute Gasteiger partial charge is 0.0791 e. The lowest BCUT2D eigenvalue weighted by atomic mass is 10.3. The van der Waals surface area contributed by atoms with Crippen molar-refractivity contribution in [3.05, 3.63) is 18.5 Å². The van der Waals surface area contributed by atoms with Crippen molar-refractivity contribution in [3.8, 4) is 0 Å². The van der Waals surface area contributed by atoms with Crippen LogP contribution < -0.4 is 5.32 Å². The molecule has 0 aliphatic carbocycles. The SMILES string of the molecule is OC(CNCCn1cccn1)CN1CCOCC1. The van der Waals surface area contributed by atoms with Gasteiger partial charge in [-0.15, -0.1) is 0 Å². The predicted molar refractivity (Wildman–Crippen MR) is 68.4 cm³/mol. The predicted octanol–water partition coefficient (Wildman–Crippen LogP) is -0.834. The third kappa shape index (κ3) is 4.73. The molecule has 1 unspecified atom stereocenters. The van der Waals surface area contributed by atoms with E-state index in [2.05, 4.69) is 15.3 Å². The van der Waals surface area contributed by atoms with Crippen molar-refractivity contribution in [2.24, 2.45) is 0 Å². The lowest BCUT2D eigenvalue weighted by Gasteiger charge is -2.28. The normalized spacial score (nSPS) is 18.9. The highest BCUT2D eigenvalue weighted by atomic mass is 16.5. The zero-order chi connectivity index (χ0) is 12.6. The third-order valence-corrected chi connectivity index (χ3v) is 3.03. The Morgan fingerprint density at radius 1 is 1.39 bits per heavy atom. The topological polar surface area (TPSA) is 62.5 Å². The molecule has 2 N–H and O–H groups in total. The van der Waals surface area contributed by atoms with Crippen LogP contribution in [0.25, 0.3) is 0 Å². The zero-order valence-electron chi connectivity index (χ0n) is 10.7. The molecule has 1 aromatic rings. The minimum atomic E-state index is -0.319. The van der Waals surface area contributed by atoms with Crippen LogP contribution in [0, 0.1) is 0 Å². The van der Waals surface area contributed by atoms with Crippen molar-refractivity contribution in [1.29, 1.82) is 0 Å².